The molecular formula is C18H27FN2O. The summed E-state index contributed by atoms with van der Waals surface area (Å²) in [5.41, 5.74) is 1.12. The van der Waals surface area contributed by atoms with Crippen molar-refractivity contribution in [2.45, 2.75) is 46.2 Å². The van der Waals surface area contributed by atoms with E-state index in [-0.39, 0.29) is 23.7 Å². The third-order valence-corrected chi connectivity index (χ3v) is 4.65. The van der Waals surface area contributed by atoms with E-state index in [2.05, 4.69) is 31.0 Å². The Morgan fingerprint density at radius 2 is 1.82 bits per heavy atom. The van der Waals surface area contributed by atoms with Crippen molar-refractivity contribution in [3.05, 3.63) is 35.6 Å². The Labute approximate surface area is 132 Å². The molecule has 0 radical (unpaired) electrons. The van der Waals surface area contributed by atoms with Crippen LogP contribution in [0.2, 0.25) is 0 Å². The molecule has 2 rings (SSSR count). The SMILES string of the molecule is CC(C)[C@H](C)NC(=O)C1CCN(Cc2ccc(F)cc2)CC1. The first-order valence-corrected chi connectivity index (χ1v) is 8.23. The minimum Gasteiger partial charge on any atom is -0.353 e. The van der Waals surface area contributed by atoms with E-state index in [9.17, 15) is 9.18 Å². The molecule has 1 N–H and O–H groups in total. The Kier molecular flexibility index (Phi) is 5.95. The predicted molar refractivity (Wildman–Crippen MR) is 86.8 cm³/mol. The third-order valence-electron chi connectivity index (χ3n) is 4.65. The lowest BCUT2D eigenvalue weighted by Gasteiger charge is -2.32. The summed E-state index contributed by atoms with van der Waals surface area (Å²) in [6, 6.07) is 6.90. The highest BCUT2D eigenvalue weighted by Gasteiger charge is 2.26. The van der Waals surface area contributed by atoms with Crippen LogP contribution < -0.4 is 5.32 Å². The molecule has 1 saturated heterocycles. The number of amides is 1. The summed E-state index contributed by atoms with van der Waals surface area (Å²) in [5, 5.41) is 3.12. The fourth-order valence-corrected chi connectivity index (χ4v) is 2.71. The van der Waals surface area contributed by atoms with Gasteiger partial charge in [-0.25, -0.2) is 4.39 Å². The van der Waals surface area contributed by atoms with Crippen LogP contribution in [-0.4, -0.2) is 29.9 Å². The number of carbonyl (C=O) groups excluding carboxylic acids is 1. The molecule has 122 valence electrons. The van der Waals surface area contributed by atoms with Crippen molar-refractivity contribution in [1.29, 1.82) is 0 Å². The zero-order valence-corrected chi connectivity index (χ0v) is 13.8. The number of halogens is 1. The van der Waals surface area contributed by atoms with Crippen LogP contribution in [0.3, 0.4) is 0 Å². The molecule has 0 aliphatic carbocycles. The van der Waals surface area contributed by atoms with Crippen molar-refractivity contribution >= 4 is 5.91 Å². The van der Waals surface area contributed by atoms with Gasteiger partial charge in [0.15, 0.2) is 0 Å². The van der Waals surface area contributed by atoms with Crippen LogP contribution >= 0.6 is 0 Å². The topological polar surface area (TPSA) is 32.3 Å². The van der Waals surface area contributed by atoms with Gasteiger partial charge >= 0.3 is 0 Å². The summed E-state index contributed by atoms with van der Waals surface area (Å²) >= 11 is 0. The van der Waals surface area contributed by atoms with Gasteiger partial charge in [0.25, 0.3) is 0 Å². The van der Waals surface area contributed by atoms with Crippen molar-refractivity contribution in [2.24, 2.45) is 11.8 Å². The Balaban J connectivity index is 1.77. The van der Waals surface area contributed by atoms with Crippen molar-refractivity contribution in [3.8, 4) is 0 Å². The van der Waals surface area contributed by atoms with Gasteiger partial charge in [0.05, 0.1) is 0 Å². The Hall–Kier alpha value is -1.42. The molecule has 1 aliphatic heterocycles. The fourth-order valence-electron chi connectivity index (χ4n) is 2.71. The third kappa shape index (κ3) is 4.80. The van der Waals surface area contributed by atoms with Crippen LogP contribution in [0.4, 0.5) is 4.39 Å². The van der Waals surface area contributed by atoms with E-state index in [4.69, 9.17) is 0 Å². The first kappa shape index (κ1) is 16.9. The summed E-state index contributed by atoms with van der Waals surface area (Å²) in [5.74, 6) is 0.592. The van der Waals surface area contributed by atoms with Gasteiger partial charge in [-0.3, -0.25) is 9.69 Å². The molecule has 1 heterocycles. The van der Waals surface area contributed by atoms with E-state index < -0.39 is 0 Å². The summed E-state index contributed by atoms with van der Waals surface area (Å²) < 4.78 is 12.9. The van der Waals surface area contributed by atoms with Crippen LogP contribution in [0.15, 0.2) is 24.3 Å². The zero-order chi connectivity index (χ0) is 16.1. The molecule has 0 saturated carbocycles. The van der Waals surface area contributed by atoms with E-state index in [1.165, 1.54) is 12.1 Å². The van der Waals surface area contributed by atoms with Crippen LogP contribution in [0.1, 0.15) is 39.2 Å². The number of likely N-dealkylation sites (tertiary alicyclic amines) is 1. The van der Waals surface area contributed by atoms with E-state index in [0.29, 0.717) is 5.92 Å². The largest absolute Gasteiger partial charge is 0.353 e. The Bertz CT molecular complexity index is 478. The highest BCUT2D eigenvalue weighted by molar-refractivity contribution is 5.79. The number of rotatable bonds is 5. The predicted octanol–water partition coefficient (Wildman–Crippen LogP) is 3.20. The molecule has 1 aliphatic rings. The van der Waals surface area contributed by atoms with Gasteiger partial charge in [-0.1, -0.05) is 26.0 Å². The summed E-state index contributed by atoms with van der Waals surface area (Å²) in [4.78, 5) is 14.6. The number of carbonyl (C=O) groups is 1. The van der Waals surface area contributed by atoms with E-state index >= 15 is 0 Å². The smallest absolute Gasteiger partial charge is 0.223 e. The quantitative estimate of drug-likeness (QED) is 0.906. The Morgan fingerprint density at radius 1 is 1.23 bits per heavy atom. The molecule has 4 heteroatoms. The van der Waals surface area contributed by atoms with Gasteiger partial charge in [0.1, 0.15) is 5.82 Å². The van der Waals surface area contributed by atoms with Crippen molar-refractivity contribution in [3.63, 3.8) is 0 Å². The van der Waals surface area contributed by atoms with Crippen LogP contribution in [-0.2, 0) is 11.3 Å². The number of benzene rings is 1. The van der Waals surface area contributed by atoms with Gasteiger partial charge in [0, 0.05) is 18.5 Å². The molecule has 0 spiro atoms. The molecule has 0 unspecified atom stereocenters. The molecule has 0 bridgehead atoms. The summed E-state index contributed by atoms with van der Waals surface area (Å²) in [6.45, 7) is 8.98. The summed E-state index contributed by atoms with van der Waals surface area (Å²) in [6.07, 6.45) is 1.80. The molecule has 3 nitrogen and oxygen atoms in total. The first-order chi connectivity index (χ1) is 10.5. The van der Waals surface area contributed by atoms with Crippen LogP contribution in [0.25, 0.3) is 0 Å². The van der Waals surface area contributed by atoms with Gasteiger partial charge in [-0.2, -0.15) is 0 Å². The Morgan fingerprint density at radius 3 is 2.36 bits per heavy atom. The number of nitrogens with one attached hydrogen (secondary N) is 1. The van der Waals surface area contributed by atoms with Crippen molar-refractivity contribution in [1.82, 2.24) is 10.2 Å². The standard InChI is InChI=1S/C18H27FN2O/c1-13(2)14(3)20-18(22)16-8-10-21(11-9-16)12-15-4-6-17(19)7-5-15/h4-7,13-14,16H,8-12H2,1-3H3,(H,20,22)/t14-/m0/s1. The lowest BCUT2D eigenvalue weighted by Crippen LogP contribution is -2.44. The van der Waals surface area contributed by atoms with Crippen LogP contribution in [0, 0.1) is 17.7 Å². The second kappa shape index (κ2) is 7.73. The van der Waals surface area contributed by atoms with Gasteiger partial charge in [0.2, 0.25) is 5.91 Å². The highest BCUT2D eigenvalue weighted by Crippen LogP contribution is 2.20. The number of hydrogen-bond acceptors (Lipinski definition) is 2. The van der Waals surface area contributed by atoms with Gasteiger partial charge in [-0.15, -0.1) is 0 Å². The molecule has 1 amide bonds. The summed E-state index contributed by atoms with van der Waals surface area (Å²) in [7, 11) is 0. The molecule has 1 atom stereocenters. The normalized spacial score (nSPS) is 18.4. The number of nitrogens with zero attached hydrogens (tertiary/aromatic N) is 1. The maximum Gasteiger partial charge on any atom is 0.223 e. The maximum atomic E-state index is 12.9. The average Bonchev–Trinajstić information content (AvgIpc) is 2.50. The molecule has 1 aromatic carbocycles. The second-order valence-corrected chi connectivity index (χ2v) is 6.72. The van der Waals surface area contributed by atoms with Crippen molar-refractivity contribution < 1.29 is 9.18 Å². The lowest BCUT2D eigenvalue weighted by atomic mass is 9.94. The van der Waals surface area contributed by atoms with Crippen LogP contribution in [0.5, 0.6) is 0 Å². The highest BCUT2D eigenvalue weighted by atomic mass is 19.1. The number of piperidine rings is 1. The molecule has 1 aromatic rings. The minimum atomic E-state index is -0.196. The molecular weight excluding hydrogens is 279 g/mol. The molecule has 1 fully saturated rings. The molecule has 22 heavy (non-hydrogen) atoms. The average molecular weight is 306 g/mol. The number of hydrogen-bond donors (Lipinski definition) is 1. The van der Waals surface area contributed by atoms with Gasteiger partial charge < -0.3 is 5.32 Å². The van der Waals surface area contributed by atoms with E-state index in [0.717, 1.165) is 38.0 Å². The molecule has 0 aromatic heterocycles. The van der Waals surface area contributed by atoms with Gasteiger partial charge in [-0.05, 0) is 56.5 Å². The first-order valence-electron chi connectivity index (χ1n) is 8.23. The lowest BCUT2D eigenvalue weighted by molar-refractivity contribution is -0.127. The monoisotopic (exact) mass is 306 g/mol. The van der Waals surface area contributed by atoms with E-state index in [1.807, 2.05) is 12.1 Å². The minimum absolute atomic E-state index is 0.130. The second-order valence-electron chi connectivity index (χ2n) is 6.72. The zero-order valence-electron chi connectivity index (χ0n) is 13.8. The van der Waals surface area contributed by atoms with Crippen molar-refractivity contribution in [2.75, 3.05) is 13.1 Å². The maximum absolute atomic E-state index is 12.9. The van der Waals surface area contributed by atoms with E-state index in [1.54, 1.807) is 0 Å². The fraction of sp³-hybridized carbons (Fsp3) is 0.611.